The van der Waals surface area contributed by atoms with Crippen molar-refractivity contribution in [3.63, 3.8) is 0 Å². The molecule has 3 N–H and O–H groups in total. The monoisotopic (exact) mass is 455 g/mol. The molecule has 2 aromatic rings. The largest absolute Gasteiger partial charge is 0.497 e. The van der Waals surface area contributed by atoms with E-state index in [1.807, 2.05) is 49.4 Å². The Balaban J connectivity index is 0.00000225. The van der Waals surface area contributed by atoms with Gasteiger partial charge in [-0.3, -0.25) is 9.69 Å². The average Bonchev–Trinajstić information content (AvgIpc) is 3.14. The molecule has 1 amide bonds. The summed E-state index contributed by atoms with van der Waals surface area (Å²) in [5.74, 6) is 1.43. The van der Waals surface area contributed by atoms with E-state index in [9.17, 15) is 4.79 Å². The average molecular weight is 456 g/mol. The third-order valence-electron chi connectivity index (χ3n) is 5.16. The third-order valence-corrected chi connectivity index (χ3v) is 5.16. The molecule has 1 aliphatic heterocycles. The van der Waals surface area contributed by atoms with Gasteiger partial charge in [-0.1, -0.05) is 29.8 Å². The maximum absolute atomic E-state index is 12.5. The summed E-state index contributed by atoms with van der Waals surface area (Å²) in [5.41, 5.74) is 9.24. The number of benzene rings is 2. The van der Waals surface area contributed by atoms with Crippen LogP contribution in [0.4, 0.5) is 0 Å². The number of likely N-dealkylation sites (tertiary alicyclic amines) is 1. The van der Waals surface area contributed by atoms with Crippen LogP contribution in [-0.4, -0.2) is 44.2 Å². The van der Waals surface area contributed by atoms with Gasteiger partial charge in [0.05, 0.1) is 14.2 Å². The van der Waals surface area contributed by atoms with Crippen molar-refractivity contribution in [3.05, 3.63) is 59.2 Å². The van der Waals surface area contributed by atoms with Crippen molar-refractivity contribution in [3.8, 4) is 11.5 Å². The van der Waals surface area contributed by atoms with Gasteiger partial charge in [-0.05, 0) is 36.6 Å². The van der Waals surface area contributed by atoms with E-state index in [1.54, 1.807) is 14.2 Å². The summed E-state index contributed by atoms with van der Waals surface area (Å²) in [5, 5.41) is 3.10. The van der Waals surface area contributed by atoms with Gasteiger partial charge in [0.1, 0.15) is 17.5 Å². The molecular formula is C22H31Cl2N3O3. The van der Waals surface area contributed by atoms with E-state index in [1.165, 1.54) is 0 Å². The van der Waals surface area contributed by atoms with Crippen molar-refractivity contribution < 1.29 is 14.3 Å². The highest BCUT2D eigenvalue weighted by molar-refractivity contribution is 5.85. The van der Waals surface area contributed by atoms with Gasteiger partial charge in [-0.15, -0.1) is 24.8 Å². The predicted molar refractivity (Wildman–Crippen MR) is 124 cm³/mol. The first-order chi connectivity index (χ1) is 13.5. The van der Waals surface area contributed by atoms with Gasteiger partial charge < -0.3 is 20.5 Å². The number of nitrogens with one attached hydrogen (secondary N) is 1. The first-order valence-electron chi connectivity index (χ1n) is 9.55. The summed E-state index contributed by atoms with van der Waals surface area (Å²) in [6.07, 6.45) is 0.910. The Morgan fingerprint density at radius 3 is 2.30 bits per heavy atom. The van der Waals surface area contributed by atoms with Crippen LogP contribution >= 0.6 is 24.8 Å². The summed E-state index contributed by atoms with van der Waals surface area (Å²) in [6, 6.07) is 13.1. The highest BCUT2D eigenvalue weighted by Gasteiger charge is 2.26. The van der Waals surface area contributed by atoms with E-state index >= 15 is 0 Å². The van der Waals surface area contributed by atoms with Crippen LogP contribution < -0.4 is 20.5 Å². The normalized spacial score (nSPS) is 16.7. The Labute approximate surface area is 190 Å². The molecule has 2 atom stereocenters. The quantitative estimate of drug-likeness (QED) is 0.669. The van der Waals surface area contributed by atoms with Crippen LogP contribution in [-0.2, 0) is 11.3 Å². The Kier molecular flexibility index (Phi) is 10.4. The number of aryl methyl sites for hydroxylation is 1. The predicted octanol–water partition coefficient (Wildman–Crippen LogP) is 3.25. The molecule has 0 saturated carbocycles. The van der Waals surface area contributed by atoms with Crippen molar-refractivity contribution in [2.45, 2.75) is 32.0 Å². The minimum absolute atomic E-state index is 0. The molecule has 0 bridgehead atoms. The zero-order chi connectivity index (χ0) is 20.1. The minimum Gasteiger partial charge on any atom is -0.497 e. The highest BCUT2D eigenvalue weighted by Crippen LogP contribution is 2.24. The van der Waals surface area contributed by atoms with Crippen LogP contribution in [0.15, 0.2) is 42.5 Å². The van der Waals surface area contributed by atoms with Gasteiger partial charge >= 0.3 is 0 Å². The molecule has 0 radical (unpaired) electrons. The number of hydrogen-bond acceptors (Lipinski definition) is 5. The fourth-order valence-electron chi connectivity index (χ4n) is 3.53. The maximum Gasteiger partial charge on any atom is 0.241 e. The number of methoxy groups -OCH3 is 2. The second-order valence-electron chi connectivity index (χ2n) is 7.34. The lowest BCUT2D eigenvalue weighted by Crippen LogP contribution is -2.42. The van der Waals surface area contributed by atoms with Crippen molar-refractivity contribution >= 4 is 30.7 Å². The number of hydrogen-bond donors (Lipinski definition) is 2. The van der Waals surface area contributed by atoms with Crippen LogP contribution in [0.1, 0.15) is 29.2 Å². The number of carbonyl (C=O) groups excluding carboxylic acids is 1. The van der Waals surface area contributed by atoms with E-state index in [0.717, 1.165) is 54.2 Å². The fourth-order valence-corrected chi connectivity index (χ4v) is 3.53. The number of nitrogens with zero attached hydrogens (tertiary/aromatic N) is 1. The molecule has 2 unspecified atom stereocenters. The number of amides is 1. The molecule has 1 heterocycles. The zero-order valence-electron chi connectivity index (χ0n) is 17.6. The van der Waals surface area contributed by atoms with Crippen molar-refractivity contribution in [1.29, 1.82) is 0 Å². The SMILES string of the molecule is COc1cc(CN2CCC(NC(=O)C(N)c3ccc(C)cc3)C2)cc(OC)c1.Cl.Cl. The summed E-state index contributed by atoms with van der Waals surface area (Å²) in [4.78, 5) is 14.8. The van der Waals surface area contributed by atoms with Crippen LogP contribution in [0.2, 0.25) is 0 Å². The third kappa shape index (κ3) is 6.77. The Bertz CT molecular complexity index is 796. The fraction of sp³-hybridized carbons (Fsp3) is 0.409. The van der Waals surface area contributed by atoms with Gasteiger partial charge in [-0.25, -0.2) is 0 Å². The topological polar surface area (TPSA) is 76.8 Å². The molecule has 1 fully saturated rings. The summed E-state index contributed by atoms with van der Waals surface area (Å²) in [7, 11) is 3.30. The van der Waals surface area contributed by atoms with E-state index in [0.29, 0.717) is 0 Å². The number of ether oxygens (including phenoxy) is 2. The zero-order valence-corrected chi connectivity index (χ0v) is 19.2. The summed E-state index contributed by atoms with van der Waals surface area (Å²) >= 11 is 0. The first kappa shape index (κ1) is 26.0. The Hall–Kier alpha value is -1.99. The molecule has 166 valence electrons. The molecule has 0 aromatic heterocycles. The van der Waals surface area contributed by atoms with E-state index in [-0.39, 0.29) is 36.8 Å². The lowest BCUT2D eigenvalue weighted by Gasteiger charge is -2.19. The molecule has 30 heavy (non-hydrogen) atoms. The molecule has 1 aliphatic rings. The van der Waals surface area contributed by atoms with Crippen LogP contribution in [0.5, 0.6) is 11.5 Å². The van der Waals surface area contributed by atoms with E-state index < -0.39 is 6.04 Å². The second kappa shape index (κ2) is 12.0. The Morgan fingerprint density at radius 1 is 1.13 bits per heavy atom. The second-order valence-corrected chi connectivity index (χ2v) is 7.34. The van der Waals surface area contributed by atoms with Crippen LogP contribution in [0, 0.1) is 6.92 Å². The number of rotatable bonds is 7. The number of nitrogens with two attached hydrogens (primary N) is 1. The maximum atomic E-state index is 12.5. The standard InChI is InChI=1S/C22H29N3O3.2ClH/c1-15-4-6-17(7-5-15)21(23)22(26)24-18-8-9-25(14-18)13-16-10-19(27-2)12-20(11-16)28-3;;/h4-7,10-12,18,21H,8-9,13-14,23H2,1-3H3,(H,24,26);2*1H. The van der Waals surface area contributed by atoms with Gasteiger partial charge in [0, 0.05) is 31.7 Å². The first-order valence-corrected chi connectivity index (χ1v) is 9.55. The summed E-state index contributed by atoms with van der Waals surface area (Å²) < 4.78 is 10.7. The summed E-state index contributed by atoms with van der Waals surface area (Å²) in [6.45, 7) is 4.51. The molecule has 3 rings (SSSR count). The molecule has 2 aromatic carbocycles. The van der Waals surface area contributed by atoms with Gasteiger partial charge in [0.2, 0.25) is 5.91 Å². The van der Waals surface area contributed by atoms with Gasteiger partial charge in [0.25, 0.3) is 0 Å². The van der Waals surface area contributed by atoms with Gasteiger partial charge in [0.15, 0.2) is 0 Å². The lowest BCUT2D eigenvalue weighted by atomic mass is 10.0. The van der Waals surface area contributed by atoms with Crippen molar-refractivity contribution in [1.82, 2.24) is 10.2 Å². The Morgan fingerprint density at radius 2 is 1.73 bits per heavy atom. The molecule has 6 nitrogen and oxygen atoms in total. The molecule has 1 saturated heterocycles. The lowest BCUT2D eigenvalue weighted by molar-refractivity contribution is -0.123. The van der Waals surface area contributed by atoms with E-state index in [4.69, 9.17) is 15.2 Å². The van der Waals surface area contributed by atoms with E-state index in [2.05, 4.69) is 10.2 Å². The van der Waals surface area contributed by atoms with Crippen molar-refractivity contribution in [2.24, 2.45) is 5.73 Å². The van der Waals surface area contributed by atoms with Gasteiger partial charge in [-0.2, -0.15) is 0 Å². The molecule has 0 spiro atoms. The highest BCUT2D eigenvalue weighted by atomic mass is 35.5. The van der Waals surface area contributed by atoms with Crippen molar-refractivity contribution in [2.75, 3.05) is 27.3 Å². The van der Waals surface area contributed by atoms with Crippen LogP contribution in [0.3, 0.4) is 0 Å². The number of carbonyl (C=O) groups is 1. The molecule has 0 aliphatic carbocycles. The molecular weight excluding hydrogens is 425 g/mol. The minimum atomic E-state index is -0.641. The number of halogens is 2. The molecule has 8 heteroatoms. The van der Waals surface area contributed by atoms with Crippen LogP contribution in [0.25, 0.3) is 0 Å². The smallest absolute Gasteiger partial charge is 0.241 e.